The van der Waals surface area contributed by atoms with E-state index in [2.05, 4.69) is 4.99 Å². The van der Waals surface area contributed by atoms with Crippen LogP contribution in [0.1, 0.15) is 6.92 Å². The zero-order chi connectivity index (χ0) is 9.14. The van der Waals surface area contributed by atoms with Gasteiger partial charge in [-0.1, -0.05) is 11.8 Å². The predicted molar refractivity (Wildman–Crippen MR) is 49.3 cm³/mol. The lowest BCUT2D eigenvalue weighted by atomic mass is 10.3. The van der Waals surface area contributed by atoms with Gasteiger partial charge in [0.25, 0.3) is 0 Å². The van der Waals surface area contributed by atoms with Crippen LogP contribution in [-0.4, -0.2) is 28.5 Å². The molecule has 0 aromatic heterocycles. The standard InChI is InChI=1S/C6H9ClN2O2S/c1-2-11-5(10)3-4(7)12-6(8)9-3/h3-4H,2H2,1H3,(H2,8,9). The fourth-order valence-electron chi connectivity index (χ4n) is 0.793. The fraction of sp³-hybridized carbons (Fsp3) is 0.667. The predicted octanol–water partition coefficient (Wildman–Crippen LogP) is 0.545. The van der Waals surface area contributed by atoms with Crippen molar-refractivity contribution in [2.75, 3.05) is 6.61 Å². The molecule has 68 valence electrons. The summed E-state index contributed by atoms with van der Waals surface area (Å²) >= 11 is 6.95. The first-order valence-electron chi connectivity index (χ1n) is 3.45. The van der Waals surface area contributed by atoms with E-state index >= 15 is 0 Å². The number of alkyl halides is 1. The van der Waals surface area contributed by atoms with Crippen molar-refractivity contribution in [2.24, 2.45) is 10.7 Å². The molecule has 1 rings (SSSR count). The fourth-order valence-corrected chi connectivity index (χ4v) is 1.93. The van der Waals surface area contributed by atoms with Crippen LogP contribution in [-0.2, 0) is 9.53 Å². The van der Waals surface area contributed by atoms with E-state index in [1.54, 1.807) is 6.92 Å². The SMILES string of the molecule is CCOC(=O)C1N=C(N)SC1Cl. The molecule has 1 heterocycles. The molecule has 0 aromatic rings. The van der Waals surface area contributed by atoms with Crippen LogP contribution < -0.4 is 5.73 Å². The van der Waals surface area contributed by atoms with E-state index in [4.69, 9.17) is 22.1 Å². The van der Waals surface area contributed by atoms with Gasteiger partial charge in [0.2, 0.25) is 0 Å². The Morgan fingerprint density at radius 3 is 3.00 bits per heavy atom. The number of nitrogens with two attached hydrogens (primary N) is 1. The van der Waals surface area contributed by atoms with E-state index in [0.717, 1.165) is 0 Å². The third kappa shape index (κ3) is 2.04. The second-order valence-electron chi connectivity index (χ2n) is 2.13. The van der Waals surface area contributed by atoms with E-state index in [-0.39, 0.29) is 0 Å². The maximum Gasteiger partial charge on any atom is 0.333 e. The maximum atomic E-state index is 11.1. The number of carbonyl (C=O) groups is 1. The molecular weight excluding hydrogens is 200 g/mol. The van der Waals surface area contributed by atoms with Crippen molar-refractivity contribution in [3.8, 4) is 0 Å². The summed E-state index contributed by atoms with van der Waals surface area (Å²) in [7, 11) is 0. The summed E-state index contributed by atoms with van der Waals surface area (Å²) < 4.78 is 4.32. The Bertz CT molecular complexity index is 222. The average Bonchev–Trinajstić information content (AvgIpc) is 2.30. The third-order valence-electron chi connectivity index (χ3n) is 1.28. The highest BCUT2D eigenvalue weighted by molar-refractivity contribution is 8.15. The van der Waals surface area contributed by atoms with Crippen molar-refractivity contribution in [1.29, 1.82) is 0 Å². The van der Waals surface area contributed by atoms with Crippen LogP contribution >= 0.6 is 23.4 Å². The molecule has 0 spiro atoms. The summed E-state index contributed by atoms with van der Waals surface area (Å²) in [4.78, 5) is 15.0. The van der Waals surface area contributed by atoms with E-state index in [1.165, 1.54) is 11.8 Å². The summed E-state index contributed by atoms with van der Waals surface area (Å²) in [6.45, 7) is 2.06. The van der Waals surface area contributed by atoms with Crippen LogP contribution in [0, 0.1) is 0 Å². The minimum Gasteiger partial charge on any atom is -0.464 e. The molecule has 1 aliphatic rings. The van der Waals surface area contributed by atoms with Crippen molar-refractivity contribution >= 4 is 34.5 Å². The molecule has 6 heteroatoms. The van der Waals surface area contributed by atoms with Gasteiger partial charge in [-0.25, -0.2) is 9.79 Å². The first-order valence-corrected chi connectivity index (χ1v) is 4.77. The number of esters is 1. The Hall–Kier alpha value is -0.420. The summed E-state index contributed by atoms with van der Waals surface area (Å²) in [5.41, 5.74) is 5.37. The molecule has 1 aliphatic heterocycles. The van der Waals surface area contributed by atoms with E-state index in [9.17, 15) is 4.79 Å². The molecule has 0 aliphatic carbocycles. The van der Waals surface area contributed by atoms with Gasteiger partial charge in [0.05, 0.1) is 6.61 Å². The number of halogens is 1. The average molecular weight is 209 g/mol. The minimum absolute atomic E-state index is 0.332. The monoisotopic (exact) mass is 208 g/mol. The number of nitrogens with zero attached hydrogens (tertiary/aromatic N) is 1. The van der Waals surface area contributed by atoms with E-state index in [0.29, 0.717) is 11.8 Å². The van der Waals surface area contributed by atoms with Gasteiger partial charge in [-0.15, -0.1) is 11.6 Å². The number of aliphatic imine (C=N–C) groups is 1. The zero-order valence-corrected chi connectivity index (χ0v) is 8.06. The Morgan fingerprint density at radius 2 is 2.58 bits per heavy atom. The van der Waals surface area contributed by atoms with Crippen LogP contribution in [0.15, 0.2) is 4.99 Å². The molecule has 12 heavy (non-hydrogen) atoms. The Labute approximate surface area is 79.5 Å². The normalized spacial score (nSPS) is 28.3. The van der Waals surface area contributed by atoms with Gasteiger partial charge in [0.1, 0.15) is 4.71 Å². The highest BCUT2D eigenvalue weighted by Crippen LogP contribution is 2.28. The molecule has 0 amide bonds. The van der Waals surface area contributed by atoms with Crippen molar-refractivity contribution in [3.05, 3.63) is 0 Å². The Morgan fingerprint density at radius 1 is 1.92 bits per heavy atom. The number of carbonyl (C=O) groups excluding carboxylic acids is 1. The molecule has 0 radical (unpaired) electrons. The lowest BCUT2D eigenvalue weighted by Gasteiger charge is -2.08. The molecular formula is C6H9ClN2O2S. The summed E-state index contributed by atoms with van der Waals surface area (Å²) in [5, 5.41) is 0.341. The molecule has 0 fully saturated rings. The summed E-state index contributed by atoms with van der Waals surface area (Å²) in [6, 6.07) is -0.642. The molecule has 2 N–H and O–H groups in total. The van der Waals surface area contributed by atoms with Crippen molar-refractivity contribution in [2.45, 2.75) is 17.7 Å². The van der Waals surface area contributed by atoms with Gasteiger partial charge in [-0.2, -0.15) is 0 Å². The molecule has 2 unspecified atom stereocenters. The second-order valence-corrected chi connectivity index (χ2v) is 4.02. The second kappa shape index (κ2) is 4.00. The quantitative estimate of drug-likeness (QED) is 0.532. The van der Waals surface area contributed by atoms with Gasteiger partial charge >= 0.3 is 5.97 Å². The van der Waals surface area contributed by atoms with Crippen molar-refractivity contribution < 1.29 is 9.53 Å². The maximum absolute atomic E-state index is 11.1. The summed E-state index contributed by atoms with van der Waals surface area (Å²) in [6.07, 6.45) is 0. The van der Waals surface area contributed by atoms with Crippen LogP contribution in [0.4, 0.5) is 0 Å². The first kappa shape index (κ1) is 9.67. The van der Waals surface area contributed by atoms with Crippen LogP contribution in [0.3, 0.4) is 0 Å². The van der Waals surface area contributed by atoms with Crippen molar-refractivity contribution in [1.82, 2.24) is 0 Å². The Balaban J connectivity index is 2.57. The smallest absolute Gasteiger partial charge is 0.333 e. The lowest BCUT2D eigenvalue weighted by molar-refractivity contribution is -0.144. The van der Waals surface area contributed by atoms with E-state index in [1.807, 2.05) is 0 Å². The van der Waals surface area contributed by atoms with Crippen LogP contribution in [0.5, 0.6) is 0 Å². The van der Waals surface area contributed by atoms with Gasteiger partial charge in [0.15, 0.2) is 11.2 Å². The lowest BCUT2D eigenvalue weighted by Crippen LogP contribution is -2.25. The third-order valence-corrected chi connectivity index (χ3v) is 2.61. The van der Waals surface area contributed by atoms with Gasteiger partial charge in [0, 0.05) is 0 Å². The number of amidine groups is 1. The summed E-state index contributed by atoms with van der Waals surface area (Å²) in [5.74, 6) is -0.412. The molecule has 4 nitrogen and oxygen atoms in total. The molecule has 0 bridgehead atoms. The molecule has 0 saturated carbocycles. The Kier molecular flexibility index (Phi) is 3.22. The van der Waals surface area contributed by atoms with Gasteiger partial charge < -0.3 is 10.5 Å². The first-order chi connectivity index (χ1) is 5.65. The largest absolute Gasteiger partial charge is 0.464 e. The number of rotatable bonds is 2. The number of thioether (sulfide) groups is 1. The number of ether oxygens (including phenoxy) is 1. The minimum atomic E-state index is -0.642. The highest BCUT2D eigenvalue weighted by atomic mass is 35.5. The van der Waals surface area contributed by atoms with E-state index < -0.39 is 16.7 Å². The van der Waals surface area contributed by atoms with Gasteiger partial charge in [-0.3, -0.25) is 0 Å². The molecule has 2 atom stereocenters. The number of hydrogen-bond donors (Lipinski definition) is 1. The highest BCUT2D eigenvalue weighted by Gasteiger charge is 2.34. The topological polar surface area (TPSA) is 64.7 Å². The van der Waals surface area contributed by atoms with Crippen LogP contribution in [0.25, 0.3) is 0 Å². The molecule has 0 saturated heterocycles. The van der Waals surface area contributed by atoms with Crippen molar-refractivity contribution in [3.63, 3.8) is 0 Å². The number of hydrogen-bond acceptors (Lipinski definition) is 5. The van der Waals surface area contributed by atoms with Crippen LogP contribution in [0.2, 0.25) is 0 Å². The zero-order valence-electron chi connectivity index (χ0n) is 6.49. The van der Waals surface area contributed by atoms with Gasteiger partial charge in [-0.05, 0) is 6.92 Å². The molecule has 0 aromatic carbocycles.